The molecule has 0 aliphatic carbocycles. The maximum atomic E-state index is 12.0. The van der Waals surface area contributed by atoms with E-state index in [1.165, 1.54) is 6.92 Å². The van der Waals surface area contributed by atoms with E-state index in [9.17, 15) is 14.4 Å². The molecule has 1 fully saturated rings. The van der Waals surface area contributed by atoms with E-state index in [4.69, 9.17) is 0 Å². The molecule has 2 N–H and O–H groups in total. The summed E-state index contributed by atoms with van der Waals surface area (Å²) in [6, 6.07) is 4.70. The van der Waals surface area contributed by atoms with E-state index >= 15 is 0 Å². The number of aryl methyl sites for hydroxylation is 1. The lowest BCUT2D eigenvalue weighted by Crippen LogP contribution is -2.37. The molecule has 19 heavy (non-hydrogen) atoms. The highest BCUT2D eigenvalue weighted by molar-refractivity contribution is 6.01. The minimum Gasteiger partial charge on any atom is -0.344 e. The highest BCUT2D eigenvalue weighted by Crippen LogP contribution is 2.18. The fourth-order valence-corrected chi connectivity index (χ4v) is 2.01. The summed E-state index contributed by atoms with van der Waals surface area (Å²) in [4.78, 5) is 34.4. The molecule has 1 unspecified atom stereocenters. The maximum absolute atomic E-state index is 12.0. The zero-order valence-corrected chi connectivity index (χ0v) is 10.9. The molecule has 1 aromatic rings. The average molecular weight is 260 g/mol. The molecule has 0 bridgehead atoms. The Labute approximate surface area is 111 Å². The Hall–Kier alpha value is -2.17. The van der Waals surface area contributed by atoms with E-state index in [-0.39, 0.29) is 17.6 Å². The molecule has 5 nitrogen and oxygen atoms in total. The molecule has 1 atom stereocenters. The molecule has 1 saturated heterocycles. The van der Waals surface area contributed by atoms with E-state index in [1.807, 2.05) is 6.92 Å². The van der Waals surface area contributed by atoms with Gasteiger partial charge >= 0.3 is 0 Å². The molecule has 100 valence electrons. The van der Waals surface area contributed by atoms with E-state index < -0.39 is 6.04 Å². The molecule has 1 heterocycles. The molecule has 1 aromatic carbocycles. The van der Waals surface area contributed by atoms with Crippen LogP contribution < -0.4 is 10.6 Å². The Morgan fingerprint density at radius 2 is 2.11 bits per heavy atom. The van der Waals surface area contributed by atoms with Gasteiger partial charge in [0, 0.05) is 17.7 Å². The van der Waals surface area contributed by atoms with Gasteiger partial charge in [-0.15, -0.1) is 0 Å². The van der Waals surface area contributed by atoms with Crippen molar-refractivity contribution in [3.63, 3.8) is 0 Å². The van der Waals surface area contributed by atoms with Crippen molar-refractivity contribution in [3.8, 4) is 0 Å². The van der Waals surface area contributed by atoms with Gasteiger partial charge in [0.05, 0.1) is 0 Å². The zero-order valence-electron chi connectivity index (χ0n) is 10.9. The number of Topliss-reactive ketones (excluding diaryl/α,β-unsaturated/α-hetero) is 1. The molecule has 0 radical (unpaired) electrons. The number of ketones is 1. The first-order chi connectivity index (χ1) is 8.97. The van der Waals surface area contributed by atoms with Crippen molar-refractivity contribution in [2.24, 2.45) is 0 Å². The number of hydrogen-bond acceptors (Lipinski definition) is 3. The predicted molar refractivity (Wildman–Crippen MR) is 71.0 cm³/mol. The second-order valence-corrected chi connectivity index (χ2v) is 4.73. The maximum Gasteiger partial charge on any atom is 0.246 e. The molecule has 2 rings (SSSR count). The Balaban J connectivity index is 2.14. The summed E-state index contributed by atoms with van der Waals surface area (Å²) in [5.41, 5.74) is 2.04. The number of carbonyl (C=O) groups is 3. The molecule has 0 aromatic heterocycles. The van der Waals surface area contributed by atoms with Gasteiger partial charge in [-0.05, 0) is 31.9 Å². The summed E-state index contributed by atoms with van der Waals surface area (Å²) in [6.45, 7) is 3.33. The van der Waals surface area contributed by atoms with Crippen molar-refractivity contribution in [3.05, 3.63) is 29.3 Å². The topological polar surface area (TPSA) is 75.3 Å². The zero-order chi connectivity index (χ0) is 14.0. The average Bonchev–Trinajstić information content (AvgIpc) is 2.78. The summed E-state index contributed by atoms with van der Waals surface area (Å²) in [5, 5.41) is 5.37. The van der Waals surface area contributed by atoms with Crippen molar-refractivity contribution in [2.75, 3.05) is 5.32 Å². The fourth-order valence-electron chi connectivity index (χ4n) is 2.01. The van der Waals surface area contributed by atoms with Crippen molar-refractivity contribution in [1.82, 2.24) is 5.32 Å². The largest absolute Gasteiger partial charge is 0.344 e. The van der Waals surface area contributed by atoms with E-state index in [0.29, 0.717) is 24.1 Å². The van der Waals surface area contributed by atoms with Crippen molar-refractivity contribution in [1.29, 1.82) is 0 Å². The van der Waals surface area contributed by atoms with Crippen LogP contribution in [0.1, 0.15) is 35.7 Å². The highest BCUT2D eigenvalue weighted by Gasteiger charge is 2.27. The summed E-state index contributed by atoms with van der Waals surface area (Å²) in [6.07, 6.45) is 0.890. The van der Waals surface area contributed by atoms with E-state index in [0.717, 1.165) is 5.56 Å². The number of anilines is 1. The van der Waals surface area contributed by atoms with Gasteiger partial charge in [-0.3, -0.25) is 14.4 Å². The number of nitrogens with one attached hydrogen (secondary N) is 2. The van der Waals surface area contributed by atoms with Gasteiger partial charge in [0.15, 0.2) is 5.78 Å². The van der Waals surface area contributed by atoms with Crippen LogP contribution in [-0.4, -0.2) is 23.6 Å². The van der Waals surface area contributed by atoms with Crippen molar-refractivity contribution in [2.45, 2.75) is 32.7 Å². The SMILES string of the molecule is CC(=O)c1ccc(C)c(NC(=O)C2CCC(=O)N2)c1. The molecule has 2 amide bonds. The normalized spacial score (nSPS) is 18.0. The lowest BCUT2D eigenvalue weighted by molar-refractivity contribution is -0.122. The molecule has 1 aliphatic heterocycles. The summed E-state index contributed by atoms with van der Waals surface area (Å²) >= 11 is 0. The van der Waals surface area contributed by atoms with Gasteiger partial charge in [0.1, 0.15) is 6.04 Å². The first kappa shape index (κ1) is 13.3. The number of benzene rings is 1. The molecule has 0 saturated carbocycles. The highest BCUT2D eigenvalue weighted by atomic mass is 16.2. The van der Waals surface area contributed by atoms with Crippen molar-refractivity contribution >= 4 is 23.3 Å². The predicted octanol–water partition coefficient (Wildman–Crippen LogP) is 1.41. The standard InChI is InChI=1S/C14H16N2O3/c1-8-3-4-10(9(2)17)7-12(8)16-14(19)11-5-6-13(18)15-11/h3-4,7,11H,5-6H2,1-2H3,(H,15,18)(H,16,19). The van der Waals surface area contributed by atoms with Gasteiger partial charge in [-0.2, -0.15) is 0 Å². The molecule has 0 spiro atoms. The first-order valence-corrected chi connectivity index (χ1v) is 6.19. The Kier molecular flexibility index (Phi) is 3.64. The minimum atomic E-state index is -0.479. The smallest absolute Gasteiger partial charge is 0.246 e. The number of amides is 2. The lowest BCUT2D eigenvalue weighted by atomic mass is 10.1. The van der Waals surface area contributed by atoms with Crippen LogP contribution in [0.15, 0.2) is 18.2 Å². The molecular formula is C14H16N2O3. The van der Waals surface area contributed by atoms with Gasteiger partial charge in [-0.25, -0.2) is 0 Å². The number of hydrogen-bond donors (Lipinski definition) is 2. The second kappa shape index (κ2) is 5.22. The van der Waals surface area contributed by atoms with Crippen LogP contribution in [0.2, 0.25) is 0 Å². The van der Waals surface area contributed by atoms with Crippen LogP contribution in [-0.2, 0) is 9.59 Å². The molecule has 1 aliphatic rings. The van der Waals surface area contributed by atoms with Crippen LogP contribution in [0, 0.1) is 6.92 Å². The Morgan fingerprint density at radius 1 is 1.37 bits per heavy atom. The van der Waals surface area contributed by atoms with Crippen LogP contribution in [0.25, 0.3) is 0 Å². The second-order valence-electron chi connectivity index (χ2n) is 4.73. The Morgan fingerprint density at radius 3 is 2.68 bits per heavy atom. The third-order valence-electron chi connectivity index (χ3n) is 3.21. The molecule has 5 heteroatoms. The summed E-state index contributed by atoms with van der Waals surface area (Å²) < 4.78 is 0. The third kappa shape index (κ3) is 2.99. The van der Waals surface area contributed by atoms with Gasteiger partial charge in [-0.1, -0.05) is 12.1 Å². The monoisotopic (exact) mass is 260 g/mol. The number of carbonyl (C=O) groups excluding carboxylic acids is 3. The third-order valence-corrected chi connectivity index (χ3v) is 3.21. The minimum absolute atomic E-state index is 0.0512. The first-order valence-electron chi connectivity index (χ1n) is 6.19. The van der Waals surface area contributed by atoms with E-state index in [1.54, 1.807) is 18.2 Å². The van der Waals surface area contributed by atoms with Gasteiger partial charge < -0.3 is 10.6 Å². The van der Waals surface area contributed by atoms with Gasteiger partial charge in [0.25, 0.3) is 0 Å². The summed E-state index contributed by atoms with van der Waals surface area (Å²) in [5.74, 6) is -0.395. The van der Waals surface area contributed by atoms with Crippen LogP contribution >= 0.6 is 0 Å². The van der Waals surface area contributed by atoms with Crippen LogP contribution in [0.3, 0.4) is 0 Å². The Bertz CT molecular complexity index is 552. The number of rotatable bonds is 3. The van der Waals surface area contributed by atoms with Crippen molar-refractivity contribution < 1.29 is 14.4 Å². The quantitative estimate of drug-likeness (QED) is 0.807. The van der Waals surface area contributed by atoms with E-state index in [2.05, 4.69) is 10.6 Å². The lowest BCUT2D eigenvalue weighted by Gasteiger charge is -2.13. The van der Waals surface area contributed by atoms with Gasteiger partial charge in [0.2, 0.25) is 11.8 Å². The fraction of sp³-hybridized carbons (Fsp3) is 0.357. The molecular weight excluding hydrogens is 244 g/mol. The van der Waals surface area contributed by atoms with Crippen LogP contribution in [0.4, 0.5) is 5.69 Å². The van der Waals surface area contributed by atoms with Crippen LogP contribution in [0.5, 0.6) is 0 Å². The summed E-state index contributed by atoms with van der Waals surface area (Å²) in [7, 11) is 0.